The molecule has 0 amide bonds. The van der Waals surface area contributed by atoms with Gasteiger partial charge in [0.05, 0.1) is 12.0 Å². The number of esters is 3. The van der Waals surface area contributed by atoms with Gasteiger partial charge in [-0.3, -0.25) is 4.79 Å². The van der Waals surface area contributed by atoms with E-state index in [4.69, 9.17) is 18.9 Å². The van der Waals surface area contributed by atoms with Crippen LogP contribution in [0.2, 0.25) is 0 Å². The van der Waals surface area contributed by atoms with Gasteiger partial charge in [-0.15, -0.1) is 0 Å². The van der Waals surface area contributed by atoms with E-state index >= 15 is 0 Å². The van der Waals surface area contributed by atoms with E-state index in [1.165, 1.54) is 0 Å². The Balaban J connectivity index is 1.41. The summed E-state index contributed by atoms with van der Waals surface area (Å²) in [5.74, 6) is 12.1. The Morgan fingerprint density at radius 1 is 0.804 bits per heavy atom. The molecular formula is C38H28O8. The average Bonchev–Trinajstić information content (AvgIpc) is 3.08. The summed E-state index contributed by atoms with van der Waals surface area (Å²) in [6, 6.07) is 13.6. The van der Waals surface area contributed by atoms with Crippen LogP contribution in [-0.2, 0) is 28.6 Å². The second kappa shape index (κ2) is 19.0. The first kappa shape index (κ1) is 34.1. The Morgan fingerprint density at radius 3 is 2.15 bits per heavy atom. The van der Waals surface area contributed by atoms with Crippen molar-refractivity contribution in [3.63, 3.8) is 0 Å². The normalized spacial score (nSPS) is 14.0. The Labute approximate surface area is 267 Å². The zero-order chi connectivity index (χ0) is 33.0. The van der Waals surface area contributed by atoms with Gasteiger partial charge < -0.3 is 23.7 Å². The third-order valence-electron chi connectivity index (χ3n) is 6.19. The highest BCUT2D eigenvalue weighted by molar-refractivity contribution is 5.86. The van der Waals surface area contributed by atoms with Gasteiger partial charge in [0.1, 0.15) is 17.6 Å². The molecule has 0 aromatic heterocycles. The highest BCUT2D eigenvalue weighted by atomic mass is 16.7. The van der Waals surface area contributed by atoms with Gasteiger partial charge in [-0.25, -0.2) is 9.59 Å². The first-order valence-electron chi connectivity index (χ1n) is 13.9. The minimum atomic E-state index is -0.659. The summed E-state index contributed by atoms with van der Waals surface area (Å²) in [5.41, 5.74) is 11.3. The van der Waals surface area contributed by atoms with Crippen LogP contribution in [0, 0.1) is 41.6 Å². The molecule has 1 aliphatic rings. The Bertz CT molecular complexity index is 1800. The molecule has 2 aromatic rings. The molecule has 1 saturated carbocycles. The van der Waals surface area contributed by atoms with Gasteiger partial charge in [0.2, 0.25) is 0 Å². The minimum Gasteiger partial charge on any atom is -0.468 e. The molecule has 0 saturated heterocycles. The lowest BCUT2D eigenvalue weighted by Crippen LogP contribution is -2.29. The van der Waals surface area contributed by atoms with Crippen molar-refractivity contribution in [1.29, 1.82) is 0 Å². The maximum Gasteiger partial charge on any atom is 0.344 e. The first-order chi connectivity index (χ1) is 22.4. The predicted molar refractivity (Wildman–Crippen MR) is 169 cm³/mol. The molecule has 228 valence electrons. The van der Waals surface area contributed by atoms with Crippen molar-refractivity contribution < 1.29 is 38.1 Å². The molecule has 0 bridgehead atoms. The monoisotopic (exact) mass is 612 g/mol. The van der Waals surface area contributed by atoms with Crippen LogP contribution >= 0.6 is 0 Å². The first-order valence-corrected chi connectivity index (χ1v) is 13.9. The van der Waals surface area contributed by atoms with Crippen LogP contribution in [0.5, 0.6) is 11.5 Å². The van der Waals surface area contributed by atoms with E-state index in [1.807, 2.05) is 0 Å². The second-order valence-corrected chi connectivity index (χ2v) is 9.23. The predicted octanol–water partition coefficient (Wildman–Crippen LogP) is 5.57. The zero-order valence-corrected chi connectivity index (χ0v) is 24.9. The number of carbonyl (C=O) groups excluding carboxylic acids is 3. The molecule has 0 N–H and O–H groups in total. The largest absolute Gasteiger partial charge is 0.468 e. The lowest BCUT2D eigenvalue weighted by Gasteiger charge is -2.27. The van der Waals surface area contributed by atoms with Gasteiger partial charge >= 0.3 is 17.9 Å². The van der Waals surface area contributed by atoms with Gasteiger partial charge in [0.15, 0.2) is 12.6 Å². The van der Waals surface area contributed by atoms with E-state index < -0.39 is 11.9 Å². The SMILES string of the molecule is C=C=C=C=C=C(OC(=O)C=C)c1ccc(OC(=O)C2CCC(OCOc3ccc(C#CC#CC#COC(=O)C=C)cc3)CC2)cc1. The van der Waals surface area contributed by atoms with E-state index in [0.717, 1.165) is 17.7 Å². The van der Waals surface area contributed by atoms with Crippen molar-refractivity contribution in [2.45, 2.75) is 31.8 Å². The number of rotatable bonds is 10. The fourth-order valence-electron chi connectivity index (χ4n) is 3.91. The summed E-state index contributed by atoms with van der Waals surface area (Å²) >= 11 is 0. The topological polar surface area (TPSA) is 97.4 Å². The lowest BCUT2D eigenvalue weighted by atomic mass is 9.87. The van der Waals surface area contributed by atoms with Crippen molar-refractivity contribution in [3.8, 4) is 47.2 Å². The molecule has 0 heterocycles. The summed E-state index contributed by atoms with van der Waals surface area (Å²) in [6.45, 7) is 10.1. The average molecular weight is 613 g/mol. The zero-order valence-electron chi connectivity index (χ0n) is 24.9. The van der Waals surface area contributed by atoms with Crippen LogP contribution in [0.1, 0.15) is 36.8 Å². The molecule has 0 aliphatic heterocycles. The number of hydrogen-bond donors (Lipinski definition) is 0. The number of carbonyl (C=O) groups is 3. The third kappa shape index (κ3) is 12.1. The summed E-state index contributed by atoms with van der Waals surface area (Å²) in [7, 11) is 0. The van der Waals surface area contributed by atoms with Crippen LogP contribution in [-0.4, -0.2) is 30.8 Å². The summed E-state index contributed by atoms with van der Waals surface area (Å²) in [4.78, 5) is 35.3. The van der Waals surface area contributed by atoms with Crippen molar-refractivity contribution in [2.24, 2.45) is 5.92 Å². The molecule has 0 atom stereocenters. The quantitative estimate of drug-likeness (QED) is 0.0654. The Hall–Kier alpha value is -6.37. The molecule has 0 radical (unpaired) electrons. The molecular weight excluding hydrogens is 584 g/mol. The Morgan fingerprint density at radius 2 is 1.48 bits per heavy atom. The smallest absolute Gasteiger partial charge is 0.344 e. The molecule has 0 unspecified atom stereocenters. The van der Waals surface area contributed by atoms with Crippen LogP contribution in [0.25, 0.3) is 5.76 Å². The fourth-order valence-corrected chi connectivity index (χ4v) is 3.91. The van der Waals surface area contributed by atoms with Gasteiger partial charge in [0.25, 0.3) is 0 Å². The molecule has 1 fully saturated rings. The standard InChI is InChI=1S/C38H28O8/c1-4-7-10-14-35(46-37(40)6-3)30-17-25-34(26-18-30)45-38(41)31-19-23-33(24-20-31)44-28-43-32-21-15-29(16-22-32)13-11-8-9-12-27-42-36(39)5-2/h5-6,15-18,21-22,25-26,31,33H,1-3,19-20,23-24,28H2. The van der Waals surface area contributed by atoms with Crippen molar-refractivity contribution in [3.05, 3.63) is 114 Å². The number of hydrogen-bond acceptors (Lipinski definition) is 8. The highest BCUT2D eigenvalue weighted by Crippen LogP contribution is 2.28. The van der Waals surface area contributed by atoms with Crippen LogP contribution in [0.3, 0.4) is 0 Å². The summed E-state index contributed by atoms with van der Waals surface area (Å²) in [6.07, 6.45) is 6.78. The van der Waals surface area contributed by atoms with Crippen molar-refractivity contribution >= 4 is 23.7 Å². The van der Waals surface area contributed by atoms with E-state index in [2.05, 4.69) is 83.1 Å². The molecule has 3 rings (SSSR count). The molecule has 8 nitrogen and oxygen atoms in total. The molecule has 0 spiro atoms. The van der Waals surface area contributed by atoms with E-state index in [1.54, 1.807) is 48.5 Å². The fraction of sp³-hybridized carbons (Fsp3) is 0.184. The van der Waals surface area contributed by atoms with E-state index in [0.29, 0.717) is 42.7 Å². The molecule has 2 aromatic carbocycles. The van der Waals surface area contributed by atoms with Crippen LogP contribution < -0.4 is 9.47 Å². The summed E-state index contributed by atoms with van der Waals surface area (Å²) < 4.78 is 26.8. The van der Waals surface area contributed by atoms with Crippen molar-refractivity contribution in [2.75, 3.05) is 6.79 Å². The van der Waals surface area contributed by atoms with Gasteiger partial charge in [-0.1, -0.05) is 24.8 Å². The second-order valence-electron chi connectivity index (χ2n) is 9.23. The third-order valence-corrected chi connectivity index (χ3v) is 6.19. The molecule has 46 heavy (non-hydrogen) atoms. The maximum atomic E-state index is 12.8. The maximum absolute atomic E-state index is 12.8. The lowest BCUT2D eigenvalue weighted by molar-refractivity contribution is -0.141. The molecule has 1 aliphatic carbocycles. The van der Waals surface area contributed by atoms with Gasteiger partial charge in [-0.05, 0) is 110 Å². The van der Waals surface area contributed by atoms with E-state index in [-0.39, 0.29) is 30.5 Å². The Kier molecular flexibility index (Phi) is 14.1. The van der Waals surface area contributed by atoms with Crippen LogP contribution in [0.15, 0.2) is 103 Å². The minimum absolute atomic E-state index is 0.0306. The molecule has 8 heteroatoms. The van der Waals surface area contributed by atoms with Crippen LogP contribution in [0.4, 0.5) is 0 Å². The number of ether oxygens (including phenoxy) is 5. The van der Waals surface area contributed by atoms with Gasteiger partial charge in [0, 0.05) is 35.1 Å². The van der Waals surface area contributed by atoms with Gasteiger partial charge in [-0.2, -0.15) is 0 Å². The van der Waals surface area contributed by atoms with Crippen molar-refractivity contribution in [1.82, 2.24) is 0 Å². The number of benzene rings is 2. The summed E-state index contributed by atoms with van der Waals surface area (Å²) in [5, 5.41) is 0. The van der Waals surface area contributed by atoms with E-state index in [9.17, 15) is 14.4 Å². The highest BCUT2D eigenvalue weighted by Gasteiger charge is 2.28.